The van der Waals surface area contributed by atoms with Gasteiger partial charge in [-0.25, -0.2) is 4.98 Å². The molecule has 0 bridgehead atoms. The van der Waals surface area contributed by atoms with Crippen LogP contribution in [0.5, 0.6) is 0 Å². The number of fused-ring (bicyclic) bond motifs is 1. The lowest BCUT2D eigenvalue weighted by molar-refractivity contribution is 0.391. The number of benzene rings is 3. The Morgan fingerprint density at radius 2 is 1.65 bits per heavy atom. The molecule has 5 rings (SSSR count). The lowest BCUT2D eigenvalue weighted by Crippen LogP contribution is -2.22. The summed E-state index contributed by atoms with van der Waals surface area (Å²) in [5, 5.41) is 5.24. The molecule has 2 aromatic heterocycles. The Balaban J connectivity index is 1.54. The first-order valence-corrected chi connectivity index (χ1v) is 10.8. The molecule has 152 valence electrons. The van der Waals surface area contributed by atoms with Crippen molar-refractivity contribution in [3.05, 3.63) is 101 Å². The van der Waals surface area contributed by atoms with E-state index >= 15 is 0 Å². The van der Waals surface area contributed by atoms with Crippen molar-refractivity contribution in [1.29, 1.82) is 0 Å². The Hall–Kier alpha value is -3.71. The van der Waals surface area contributed by atoms with Crippen LogP contribution in [-0.4, -0.2) is 19.7 Å². The predicted octanol–water partition coefficient (Wildman–Crippen LogP) is 5.04. The average molecular weight is 427 g/mol. The Labute approximate surface area is 182 Å². The maximum atomic E-state index is 13.4. The molecule has 0 aliphatic rings. The summed E-state index contributed by atoms with van der Waals surface area (Å²) in [6.45, 7) is 1.98. The van der Waals surface area contributed by atoms with Gasteiger partial charge in [0.25, 0.3) is 5.56 Å². The van der Waals surface area contributed by atoms with E-state index in [2.05, 4.69) is 10.1 Å². The van der Waals surface area contributed by atoms with Crippen molar-refractivity contribution in [2.75, 3.05) is 0 Å². The molecule has 6 nitrogen and oxygen atoms in total. The molecule has 31 heavy (non-hydrogen) atoms. The van der Waals surface area contributed by atoms with Gasteiger partial charge in [-0.1, -0.05) is 77.6 Å². The van der Waals surface area contributed by atoms with Crippen molar-refractivity contribution >= 4 is 22.7 Å². The largest absolute Gasteiger partial charge is 0.338 e. The SMILES string of the molecule is Cc1ccccc1-n1c(SCc2nc(-c3ccccc3)no2)nc2ccccc2c1=O. The molecular weight excluding hydrogens is 408 g/mol. The second-order valence-electron chi connectivity index (χ2n) is 7.00. The summed E-state index contributed by atoms with van der Waals surface area (Å²) in [4.78, 5) is 22.6. The molecule has 0 N–H and O–H groups in total. The molecule has 3 aromatic carbocycles. The number of aryl methyl sites for hydroxylation is 1. The smallest absolute Gasteiger partial charge is 0.266 e. The van der Waals surface area contributed by atoms with E-state index in [1.165, 1.54) is 11.8 Å². The molecule has 5 aromatic rings. The zero-order valence-electron chi connectivity index (χ0n) is 16.7. The molecular formula is C24H18N4O2S. The molecule has 0 amide bonds. The van der Waals surface area contributed by atoms with Gasteiger partial charge in [0.15, 0.2) is 5.16 Å². The second kappa shape index (κ2) is 8.20. The van der Waals surface area contributed by atoms with Gasteiger partial charge in [-0.2, -0.15) is 4.98 Å². The van der Waals surface area contributed by atoms with E-state index in [1.807, 2.05) is 79.7 Å². The standard InChI is InChI=1S/C24H18N4O2S/c1-16-9-5-8-14-20(16)28-23(29)18-12-6-7-13-19(18)25-24(28)31-15-21-26-22(27-30-21)17-10-3-2-4-11-17/h2-14H,15H2,1H3. The maximum Gasteiger partial charge on any atom is 0.266 e. The fourth-order valence-electron chi connectivity index (χ4n) is 3.38. The van der Waals surface area contributed by atoms with Crippen LogP contribution in [0.15, 0.2) is 93.3 Å². The van der Waals surface area contributed by atoms with E-state index in [1.54, 1.807) is 10.6 Å². The quantitative estimate of drug-likeness (QED) is 0.290. The topological polar surface area (TPSA) is 73.8 Å². The summed E-state index contributed by atoms with van der Waals surface area (Å²) in [6, 6.07) is 24.8. The first-order chi connectivity index (χ1) is 15.2. The lowest BCUT2D eigenvalue weighted by Gasteiger charge is -2.14. The highest BCUT2D eigenvalue weighted by atomic mass is 32.2. The molecule has 0 atom stereocenters. The van der Waals surface area contributed by atoms with E-state index in [0.29, 0.717) is 33.5 Å². The van der Waals surface area contributed by atoms with Gasteiger partial charge in [0.05, 0.1) is 22.3 Å². The van der Waals surface area contributed by atoms with Crippen LogP contribution in [0.2, 0.25) is 0 Å². The molecule has 0 unspecified atom stereocenters. The summed E-state index contributed by atoms with van der Waals surface area (Å²) < 4.78 is 7.09. The van der Waals surface area contributed by atoms with Crippen LogP contribution in [0.3, 0.4) is 0 Å². The third-order valence-corrected chi connectivity index (χ3v) is 5.85. The highest BCUT2D eigenvalue weighted by Gasteiger charge is 2.16. The van der Waals surface area contributed by atoms with Crippen molar-refractivity contribution in [2.24, 2.45) is 0 Å². The molecule has 0 aliphatic carbocycles. The van der Waals surface area contributed by atoms with Gasteiger partial charge in [0, 0.05) is 5.56 Å². The van der Waals surface area contributed by atoms with Crippen molar-refractivity contribution in [3.63, 3.8) is 0 Å². The fourth-order valence-corrected chi connectivity index (χ4v) is 4.22. The summed E-state index contributed by atoms with van der Waals surface area (Å²) in [6.07, 6.45) is 0. The van der Waals surface area contributed by atoms with E-state index in [0.717, 1.165) is 16.8 Å². The fraction of sp³-hybridized carbons (Fsp3) is 0.0833. The van der Waals surface area contributed by atoms with Crippen molar-refractivity contribution in [2.45, 2.75) is 17.8 Å². The highest BCUT2D eigenvalue weighted by molar-refractivity contribution is 7.98. The number of rotatable bonds is 5. The molecule has 0 spiro atoms. The van der Waals surface area contributed by atoms with Crippen LogP contribution >= 0.6 is 11.8 Å². The molecule has 2 heterocycles. The van der Waals surface area contributed by atoms with Crippen LogP contribution in [0.1, 0.15) is 11.5 Å². The highest BCUT2D eigenvalue weighted by Crippen LogP contribution is 2.26. The first kappa shape index (κ1) is 19.3. The Morgan fingerprint density at radius 1 is 0.903 bits per heavy atom. The minimum Gasteiger partial charge on any atom is -0.338 e. The number of thioether (sulfide) groups is 1. The zero-order valence-corrected chi connectivity index (χ0v) is 17.5. The third kappa shape index (κ3) is 3.75. The average Bonchev–Trinajstić information content (AvgIpc) is 3.28. The Bertz CT molecular complexity index is 1430. The van der Waals surface area contributed by atoms with Gasteiger partial charge < -0.3 is 4.52 Å². The number of nitrogens with zero attached hydrogens (tertiary/aromatic N) is 4. The molecule has 0 saturated heterocycles. The maximum absolute atomic E-state index is 13.4. The van der Waals surface area contributed by atoms with Crippen molar-refractivity contribution in [3.8, 4) is 17.1 Å². The third-order valence-electron chi connectivity index (χ3n) is 4.93. The molecule has 0 saturated carbocycles. The van der Waals surface area contributed by atoms with Gasteiger partial charge in [0.2, 0.25) is 11.7 Å². The van der Waals surface area contributed by atoms with Crippen molar-refractivity contribution < 1.29 is 4.52 Å². The minimum atomic E-state index is -0.0992. The summed E-state index contributed by atoms with van der Waals surface area (Å²) in [5.74, 6) is 1.41. The van der Waals surface area contributed by atoms with Gasteiger partial charge >= 0.3 is 0 Å². The summed E-state index contributed by atoms with van der Waals surface area (Å²) in [5.41, 5.74) is 3.26. The van der Waals surface area contributed by atoms with Crippen LogP contribution in [-0.2, 0) is 5.75 Å². The number of aromatic nitrogens is 4. The van der Waals surface area contributed by atoms with Crippen molar-refractivity contribution in [1.82, 2.24) is 19.7 Å². The second-order valence-corrected chi connectivity index (χ2v) is 7.95. The number of hydrogen-bond donors (Lipinski definition) is 0. The van der Waals surface area contributed by atoms with E-state index in [9.17, 15) is 4.79 Å². The Kier molecular flexibility index (Phi) is 5.09. The van der Waals surface area contributed by atoms with Crippen LogP contribution in [0.25, 0.3) is 28.0 Å². The van der Waals surface area contributed by atoms with E-state index in [4.69, 9.17) is 9.51 Å². The first-order valence-electron chi connectivity index (χ1n) is 9.79. The van der Waals surface area contributed by atoms with Crippen LogP contribution in [0.4, 0.5) is 0 Å². The predicted molar refractivity (Wildman–Crippen MR) is 121 cm³/mol. The lowest BCUT2D eigenvalue weighted by atomic mass is 10.2. The van der Waals surface area contributed by atoms with E-state index < -0.39 is 0 Å². The van der Waals surface area contributed by atoms with Crippen LogP contribution in [0, 0.1) is 6.92 Å². The summed E-state index contributed by atoms with van der Waals surface area (Å²) in [7, 11) is 0. The Morgan fingerprint density at radius 3 is 2.48 bits per heavy atom. The minimum absolute atomic E-state index is 0.0992. The normalized spacial score (nSPS) is 11.1. The molecule has 0 aliphatic heterocycles. The zero-order chi connectivity index (χ0) is 21.2. The summed E-state index contributed by atoms with van der Waals surface area (Å²) >= 11 is 1.40. The van der Waals surface area contributed by atoms with Gasteiger partial charge in [-0.3, -0.25) is 9.36 Å². The number of para-hydroxylation sites is 2. The molecule has 0 fully saturated rings. The monoisotopic (exact) mass is 426 g/mol. The molecule has 0 radical (unpaired) electrons. The van der Waals surface area contributed by atoms with Gasteiger partial charge in [-0.15, -0.1) is 0 Å². The van der Waals surface area contributed by atoms with Gasteiger partial charge in [0.1, 0.15) is 0 Å². The van der Waals surface area contributed by atoms with E-state index in [-0.39, 0.29) is 5.56 Å². The van der Waals surface area contributed by atoms with Crippen LogP contribution < -0.4 is 5.56 Å². The number of hydrogen-bond acceptors (Lipinski definition) is 6. The molecule has 7 heteroatoms. The van der Waals surface area contributed by atoms with Gasteiger partial charge in [-0.05, 0) is 30.7 Å².